The molecule has 3 atom stereocenters. The van der Waals surface area contributed by atoms with Gasteiger partial charge in [0.1, 0.15) is 5.60 Å². The van der Waals surface area contributed by atoms with Crippen molar-refractivity contribution in [1.29, 1.82) is 10.5 Å². The number of fused-ring (bicyclic) bond motifs is 2. The zero-order valence-electron chi connectivity index (χ0n) is 22.1. The summed E-state index contributed by atoms with van der Waals surface area (Å²) in [5.41, 5.74) is -2.31. The van der Waals surface area contributed by atoms with Gasteiger partial charge in [0.05, 0.1) is 29.8 Å². The molecule has 5 rings (SSSR count). The van der Waals surface area contributed by atoms with Crippen LogP contribution in [0.3, 0.4) is 0 Å². The lowest BCUT2D eigenvalue weighted by molar-refractivity contribution is -0.189. The molecule has 8 nitrogen and oxygen atoms in total. The zero-order valence-corrected chi connectivity index (χ0v) is 22.1. The lowest BCUT2D eigenvalue weighted by Crippen LogP contribution is -2.53. The predicted octanol–water partition coefficient (Wildman–Crippen LogP) is 5.74. The standard InChI is InChI=1S/C31H28N4O4/c1-20-14-16-22(17-15-20)26-30(18-32,19-33)25(21-10-6-5-7-11-21)31(35(26)38)23-12-8-9-13-24(23)34(27(31)36)28(37)39-29(2,3)4/h5-17,25-26,38H,1-4H3/t25-,26-,31+/m1/s1. The molecule has 0 unspecified atom stereocenters. The van der Waals surface area contributed by atoms with Crippen LogP contribution < -0.4 is 4.90 Å². The summed E-state index contributed by atoms with van der Waals surface area (Å²) < 4.78 is 5.59. The lowest BCUT2D eigenvalue weighted by atomic mass is 9.63. The van der Waals surface area contributed by atoms with Gasteiger partial charge in [-0.3, -0.25) is 4.79 Å². The second kappa shape index (κ2) is 9.06. The predicted molar refractivity (Wildman–Crippen MR) is 142 cm³/mol. The minimum absolute atomic E-state index is 0.228. The number of hydrogen-bond donors (Lipinski definition) is 1. The number of hydrogen-bond acceptors (Lipinski definition) is 7. The Kier molecular flexibility index (Phi) is 6.07. The van der Waals surface area contributed by atoms with Crippen molar-refractivity contribution in [3.8, 4) is 12.1 Å². The number of carbonyl (C=O) groups excluding carboxylic acids is 2. The first-order chi connectivity index (χ1) is 18.5. The summed E-state index contributed by atoms with van der Waals surface area (Å²) >= 11 is 0. The van der Waals surface area contributed by atoms with Crippen molar-refractivity contribution in [2.75, 3.05) is 4.90 Å². The van der Waals surface area contributed by atoms with Crippen LogP contribution in [0.5, 0.6) is 0 Å². The van der Waals surface area contributed by atoms with Gasteiger partial charge in [-0.1, -0.05) is 78.4 Å². The Morgan fingerprint density at radius 3 is 2.10 bits per heavy atom. The Morgan fingerprint density at radius 2 is 1.51 bits per heavy atom. The number of rotatable bonds is 2. The molecule has 2 aliphatic rings. The quantitative estimate of drug-likeness (QED) is 0.458. The smallest absolute Gasteiger partial charge is 0.421 e. The van der Waals surface area contributed by atoms with Gasteiger partial charge in [0.25, 0.3) is 5.91 Å². The van der Waals surface area contributed by atoms with Crippen LogP contribution in [0.25, 0.3) is 0 Å². The number of para-hydroxylation sites is 1. The Labute approximate surface area is 227 Å². The van der Waals surface area contributed by atoms with E-state index in [1.165, 1.54) is 0 Å². The number of benzene rings is 3. The fraction of sp³-hybridized carbons (Fsp3) is 0.290. The van der Waals surface area contributed by atoms with Crippen LogP contribution in [0.2, 0.25) is 0 Å². The number of hydroxylamine groups is 2. The number of aryl methyl sites for hydroxylation is 1. The molecule has 8 heteroatoms. The van der Waals surface area contributed by atoms with E-state index in [1.54, 1.807) is 87.5 Å². The topological polar surface area (TPSA) is 118 Å². The average Bonchev–Trinajstić information content (AvgIpc) is 3.30. The van der Waals surface area contributed by atoms with Gasteiger partial charge >= 0.3 is 6.09 Å². The van der Waals surface area contributed by atoms with E-state index < -0.39 is 40.5 Å². The maximum absolute atomic E-state index is 14.7. The number of nitriles is 2. The van der Waals surface area contributed by atoms with Crippen LogP contribution in [-0.4, -0.2) is 27.9 Å². The molecule has 1 N–H and O–H groups in total. The first-order valence-corrected chi connectivity index (χ1v) is 12.6. The van der Waals surface area contributed by atoms with Crippen molar-refractivity contribution in [2.24, 2.45) is 5.41 Å². The van der Waals surface area contributed by atoms with Gasteiger partial charge in [-0.25, -0.2) is 9.69 Å². The molecule has 1 saturated heterocycles. The molecule has 1 spiro atoms. The van der Waals surface area contributed by atoms with E-state index in [9.17, 15) is 25.3 Å². The van der Waals surface area contributed by atoms with Crippen LogP contribution >= 0.6 is 0 Å². The first-order valence-electron chi connectivity index (χ1n) is 12.6. The van der Waals surface area contributed by atoms with Gasteiger partial charge < -0.3 is 9.94 Å². The third-order valence-electron chi connectivity index (χ3n) is 7.47. The first kappa shape index (κ1) is 26.1. The Balaban J connectivity index is 1.85. The lowest BCUT2D eigenvalue weighted by Gasteiger charge is -2.36. The van der Waals surface area contributed by atoms with Crippen molar-refractivity contribution in [3.63, 3.8) is 0 Å². The summed E-state index contributed by atoms with van der Waals surface area (Å²) in [7, 11) is 0. The van der Waals surface area contributed by atoms with Gasteiger partial charge in [-0.05, 0) is 44.9 Å². The Morgan fingerprint density at radius 1 is 0.923 bits per heavy atom. The van der Waals surface area contributed by atoms with Crippen molar-refractivity contribution in [3.05, 3.63) is 101 Å². The number of imide groups is 1. The van der Waals surface area contributed by atoms with Gasteiger partial charge in [-0.15, -0.1) is 0 Å². The molecule has 0 aromatic heterocycles. The fourth-order valence-electron chi connectivity index (χ4n) is 5.97. The maximum atomic E-state index is 14.7. The van der Waals surface area contributed by atoms with Crippen LogP contribution in [0.1, 0.15) is 55.0 Å². The second-order valence-electron chi connectivity index (χ2n) is 11.0. The second-order valence-corrected chi connectivity index (χ2v) is 11.0. The molecule has 0 bridgehead atoms. The summed E-state index contributed by atoms with van der Waals surface area (Å²) in [6, 6.07) is 25.7. The Hall–Kier alpha value is -4.50. The fourth-order valence-corrected chi connectivity index (χ4v) is 5.97. The highest BCUT2D eigenvalue weighted by Gasteiger charge is 2.76. The van der Waals surface area contributed by atoms with Crippen LogP contribution in [0.4, 0.5) is 10.5 Å². The summed E-state index contributed by atoms with van der Waals surface area (Å²) in [4.78, 5) is 29.0. The van der Waals surface area contributed by atoms with E-state index in [2.05, 4.69) is 12.1 Å². The Bertz CT molecular complexity index is 1520. The molecule has 3 aromatic rings. The molecule has 0 saturated carbocycles. The molecule has 1 fully saturated rings. The molecule has 2 aliphatic heterocycles. The van der Waals surface area contributed by atoms with E-state index in [0.29, 0.717) is 16.7 Å². The maximum Gasteiger partial charge on any atom is 0.421 e. The van der Waals surface area contributed by atoms with Crippen molar-refractivity contribution in [2.45, 2.75) is 50.8 Å². The number of ether oxygens (including phenoxy) is 1. The molecule has 2 heterocycles. The summed E-state index contributed by atoms with van der Waals surface area (Å²) in [6.07, 6.45) is -0.907. The normalized spacial score (nSPS) is 23.8. The highest BCUT2D eigenvalue weighted by molar-refractivity contribution is 6.21. The van der Waals surface area contributed by atoms with Gasteiger partial charge in [0.2, 0.25) is 0 Å². The molecular weight excluding hydrogens is 492 g/mol. The summed E-state index contributed by atoms with van der Waals surface area (Å²) in [5.74, 6) is -1.96. The van der Waals surface area contributed by atoms with Gasteiger partial charge in [0.15, 0.2) is 11.0 Å². The van der Waals surface area contributed by atoms with E-state index in [0.717, 1.165) is 15.5 Å². The molecule has 0 aliphatic carbocycles. The van der Waals surface area contributed by atoms with Crippen molar-refractivity contribution >= 4 is 17.7 Å². The molecule has 0 radical (unpaired) electrons. The average molecular weight is 521 g/mol. The minimum atomic E-state index is -1.98. The van der Waals surface area contributed by atoms with Gasteiger partial charge in [-0.2, -0.15) is 15.6 Å². The number of carbonyl (C=O) groups is 2. The molecule has 196 valence electrons. The molecule has 3 aromatic carbocycles. The van der Waals surface area contributed by atoms with E-state index >= 15 is 0 Å². The van der Waals surface area contributed by atoms with Crippen molar-refractivity contribution < 1.29 is 19.5 Å². The minimum Gasteiger partial charge on any atom is -0.443 e. The largest absolute Gasteiger partial charge is 0.443 e. The summed E-state index contributed by atoms with van der Waals surface area (Å²) in [5, 5.41) is 34.5. The van der Waals surface area contributed by atoms with E-state index in [4.69, 9.17) is 4.74 Å². The highest BCUT2D eigenvalue weighted by Crippen LogP contribution is 2.68. The van der Waals surface area contributed by atoms with Crippen LogP contribution in [0, 0.1) is 35.0 Å². The number of amides is 2. The van der Waals surface area contributed by atoms with Crippen molar-refractivity contribution in [1.82, 2.24) is 5.06 Å². The van der Waals surface area contributed by atoms with Gasteiger partial charge in [0, 0.05) is 5.56 Å². The van der Waals surface area contributed by atoms with Crippen LogP contribution in [-0.2, 0) is 15.1 Å². The number of nitrogens with zero attached hydrogens (tertiary/aromatic N) is 4. The SMILES string of the molecule is Cc1ccc([C@H]2N(O)[C@]3(C(=O)N(C(=O)OC(C)(C)C)c4ccccc43)[C@H](c3ccccc3)C2(C#N)C#N)cc1. The summed E-state index contributed by atoms with van der Waals surface area (Å²) in [6.45, 7) is 6.98. The zero-order chi connectivity index (χ0) is 28.2. The molecule has 39 heavy (non-hydrogen) atoms. The molecule has 2 amide bonds. The number of anilines is 1. The highest BCUT2D eigenvalue weighted by atomic mass is 16.6. The molecular formula is C31H28N4O4. The third-order valence-corrected chi connectivity index (χ3v) is 7.47. The van der Waals surface area contributed by atoms with E-state index in [1.807, 2.05) is 19.1 Å². The van der Waals surface area contributed by atoms with E-state index in [-0.39, 0.29) is 5.69 Å². The van der Waals surface area contributed by atoms with Crippen LogP contribution in [0.15, 0.2) is 78.9 Å². The monoisotopic (exact) mass is 520 g/mol. The third kappa shape index (κ3) is 3.64.